The van der Waals surface area contributed by atoms with E-state index in [-0.39, 0.29) is 18.0 Å². The summed E-state index contributed by atoms with van der Waals surface area (Å²) in [5.74, 6) is 0.105. The van der Waals surface area contributed by atoms with Crippen molar-refractivity contribution in [2.75, 3.05) is 0 Å². The summed E-state index contributed by atoms with van der Waals surface area (Å²) in [5.41, 5.74) is 0. The van der Waals surface area contributed by atoms with Gasteiger partial charge in [0.1, 0.15) is 0 Å². The zero-order valence-electron chi connectivity index (χ0n) is 8.76. The van der Waals surface area contributed by atoms with Gasteiger partial charge in [0.2, 0.25) is 0 Å². The summed E-state index contributed by atoms with van der Waals surface area (Å²) in [5, 5.41) is 0. The van der Waals surface area contributed by atoms with Crippen LogP contribution in [0.5, 0.6) is 0 Å². The van der Waals surface area contributed by atoms with E-state index in [0.29, 0.717) is 5.92 Å². The molecule has 0 aromatic rings. The second kappa shape index (κ2) is 3.35. The predicted molar refractivity (Wildman–Crippen MR) is 49.0 cm³/mol. The first-order chi connectivity index (χ1) is 5.52. The summed E-state index contributed by atoms with van der Waals surface area (Å²) in [6.07, 6.45) is 1.39. The van der Waals surface area contributed by atoms with E-state index >= 15 is 0 Å². The molecule has 12 heavy (non-hydrogen) atoms. The summed E-state index contributed by atoms with van der Waals surface area (Å²) in [6.45, 7) is 10.6. The molecule has 2 nitrogen and oxygen atoms in total. The molecular formula is C10H20O2. The van der Waals surface area contributed by atoms with Crippen LogP contribution in [0.25, 0.3) is 0 Å². The molecule has 1 rings (SSSR count). The van der Waals surface area contributed by atoms with Crippen molar-refractivity contribution in [3.8, 4) is 0 Å². The van der Waals surface area contributed by atoms with Crippen LogP contribution < -0.4 is 0 Å². The van der Waals surface area contributed by atoms with Gasteiger partial charge < -0.3 is 9.47 Å². The highest BCUT2D eigenvalue weighted by Gasteiger charge is 2.44. The summed E-state index contributed by atoms with van der Waals surface area (Å²) in [4.78, 5) is 0. The molecule has 0 bridgehead atoms. The molecule has 1 heterocycles. The summed E-state index contributed by atoms with van der Waals surface area (Å²) < 4.78 is 11.7. The van der Waals surface area contributed by atoms with Crippen LogP contribution in [-0.4, -0.2) is 18.0 Å². The van der Waals surface area contributed by atoms with E-state index in [1.54, 1.807) is 0 Å². The van der Waals surface area contributed by atoms with Crippen LogP contribution in [0.1, 0.15) is 41.0 Å². The minimum Gasteiger partial charge on any atom is -0.344 e. The fraction of sp³-hybridized carbons (Fsp3) is 1.00. The van der Waals surface area contributed by atoms with Crippen LogP contribution in [0.15, 0.2) is 0 Å². The van der Waals surface area contributed by atoms with Gasteiger partial charge >= 0.3 is 0 Å². The molecule has 1 aliphatic heterocycles. The van der Waals surface area contributed by atoms with Crippen molar-refractivity contribution < 1.29 is 9.47 Å². The molecule has 0 amide bonds. The lowest BCUT2D eigenvalue weighted by Crippen LogP contribution is -2.36. The van der Waals surface area contributed by atoms with Gasteiger partial charge in [0, 0.05) is 5.92 Å². The monoisotopic (exact) mass is 172 g/mol. The molecular weight excluding hydrogens is 152 g/mol. The molecule has 0 N–H and O–H groups in total. The number of hydrogen-bond acceptors (Lipinski definition) is 2. The minimum atomic E-state index is -0.321. The van der Waals surface area contributed by atoms with Crippen molar-refractivity contribution in [2.45, 2.75) is 59.0 Å². The molecule has 0 saturated carbocycles. The van der Waals surface area contributed by atoms with E-state index in [0.717, 1.165) is 6.42 Å². The third-order valence-corrected chi connectivity index (χ3v) is 2.80. The maximum Gasteiger partial charge on any atom is 0.171 e. The first-order valence-corrected chi connectivity index (χ1v) is 4.87. The maximum absolute atomic E-state index is 5.85. The SMILES string of the molecule is CCC1(C(C)C)OC(C)C(C)O1. The van der Waals surface area contributed by atoms with Gasteiger partial charge in [0.15, 0.2) is 5.79 Å². The first-order valence-electron chi connectivity index (χ1n) is 4.87. The molecule has 2 unspecified atom stereocenters. The summed E-state index contributed by atoms with van der Waals surface area (Å²) >= 11 is 0. The van der Waals surface area contributed by atoms with Crippen molar-refractivity contribution in [3.63, 3.8) is 0 Å². The molecule has 2 atom stereocenters. The van der Waals surface area contributed by atoms with Crippen LogP contribution in [0.3, 0.4) is 0 Å². The van der Waals surface area contributed by atoms with Gasteiger partial charge in [-0.3, -0.25) is 0 Å². The number of rotatable bonds is 2. The molecule has 0 spiro atoms. The van der Waals surface area contributed by atoms with Crippen molar-refractivity contribution in [3.05, 3.63) is 0 Å². The van der Waals surface area contributed by atoms with Gasteiger partial charge in [-0.1, -0.05) is 20.8 Å². The van der Waals surface area contributed by atoms with Gasteiger partial charge in [0.25, 0.3) is 0 Å². The Hall–Kier alpha value is -0.0800. The smallest absolute Gasteiger partial charge is 0.171 e. The topological polar surface area (TPSA) is 18.5 Å². The van der Waals surface area contributed by atoms with Crippen LogP contribution in [0, 0.1) is 5.92 Å². The van der Waals surface area contributed by atoms with Crippen LogP contribution in [-0.2, 0) is 9.47 Å². The summed E-state index contributed by atoms with van der Waals surface area (Å²) in [7, 11) is 0. The normalized spacial score (nSPS) is 42.5. The van der Waals surface area contributed by atoms with Crippen molar-refractivity contribution in [2.24, 2.45) is 5.92 Å². The molecule has 72 valence electrons. The standard InChI is InChI=1S/C10H20O2/c1-6-10(7(2)3)11-8(4)9(5)12-10/h7-9H,6H2,1-5H3. The lowest BCUT2D eigenvalue weighted by atomic mass is 10.0. The summed E-state index contributed by atoms with van der Waals surface area (Å²) in [6, 6.07) is 0. The molecule has 1 fully saturated rings. The van der Waals surface area contributed by atoms with E-state index in [9.17, 15) is 0 Å². The molecule has 0 radical (unpaired) electrons. The fourth-order valence-corrected chi connectivity index (χ4v) is 1.70. The van der Waals surface area contributed by atoms with Crippen LogP contribution in [0.2, 0.25) is 0 Å². The zero-order valence-corrected chi connectivity index (χ0v) is 8.76. The Kier molecular flexibility index (Phi) is 2.79. The molecule has 0 aliphatic carbocycles. The number of hydrogen-bond donors (Lipinski definition) is 0. The predicted octanol–water partition coefficient (Wildman–Crippen LogP) is 2.57. The Balaban J connectivity index is 2.71. The Morgan fingerprint density at radius 1 is 1.17 bits per heavy atom. The van der Waals surface area contributed by atoms with E-state index < -0.39 is 0 Å². The van der Waals surface area contributed by atoms with E-state index in [1.807, 2.05) is 0 Å². The van der Waals surface area contributed by atoms with Crippen molar-refractivity contribution in [1.82, 2.24) is 0 Å². The lowest BCUT2D eigenvalue weighted by Gasteiger charge is -2.30. The van der Waals surface area contributed by atoms with E-state index in [4.69, 9.17) is 9.47 Å². The molecule has 1 saturated heterocycles. The van der Waals surface area contributed by atoms with E-state index in [1.165, 1.54) is 0 Å². The quantitative estimate of drug-likeness (QED) is 0.637. The Labute approximate surface area is 75.2 Å². The number of ether oxygens (including phenoxy) is 2. The van der Waals surface area contributed by atoms with Gasteiger partial charge in [-0.2, -0.15) is 0 Å². The van der Waals surface area contributed by atoms with Crippen LogP contribution >= 0.6 is 0 Å². The average Bonchev–Trinajstić information content (AvgIpc) is 2.29. The Morgan fingerprint density at radius 2 is 1.58 bits per heavy atom. The molecule has 0 aromatic carbocycles. The second-order valence-electron chi connectivity index (χ2n) is 3.97. The Morgan fingerprint density at radius 3 is 1.75 bits per heavy atom. The van der Waals surface area contributed by atoms with Gasteiger partial charge in [0.05, 0.1) is 12.2 Å². The van der Waals surface area contributed by atoms with Crippen molar-refractivity contribution in [1.29, 1.82) is 0 Å². The third kappa shape index (κ3) is 1.50. The van der Waals surface area contributed by atoms with Crippen LogP contribution in [0.4, 0.5) is 0 Å². The molecule has 0 aromatic heterocycles. The third-order valence-electron chi connectivity index (χ3n) is 2.80. The highest BCUT2D eigenvalue weighted by atomic mass is 16.8. The maximum atomic E-state index is 5.85. The van der Waals surface area contributed by atoms with Gasteiger partial charge in [-0.05, 0) is 20.3 Å². The largest absolute Gasteiger partial charge is 0.344 e. The lowest BCUT2D eigenvalue weighted by molar-refractivity contribution is -0.203. The second-order valence-corrected chi connectivity index (χ2v) is 3.97. The minimum absolute atomic E-state index is 0.229. The highest BCUT2D eigenvalue weighted by Crippen LogP contribution is 2.37. The average molecular weight is 172 g/mol. The van der Waals surface area contributed by atoms with Gasteiger partial charge in [-0.15, -0.1) is 0 Å². The van der Waals surface area contributed by atoms with Crippen molar-refractivity contribution >= 4 is 0 Å². The first kappa shape index (κ1) is 10.0. The van der Waals surface area contributed by atoms with E-state index in [2.05, 4.69) is 34.6 Å². The zero-order chi connectivity index (χ0) is 9.35. The van der Waals surface area contributed by atoms with Gasteiger partial charge in [-0.25, -0.2) is 0 Å². The fourth-order valence-electron chi connectivity index (χ4n) is 1.70. The molecule has 1 aliphatic rings. The Bertz CT molecular complexity index is 144. The highest BCUT2D eigenvalue weighted by molar-refractivity contribution is 4.83. The molecule has 2 heteroatoms.